The van der Waals surface area contributed by atoms with Gasteiger partial charge in [0.25, 0.3) is 0 Å². The van der Waals surface area contributed by atoms with Gasteiger partial charge in [0, 0.05) is 32.2 Å². The van der Waals surface area contributed by atoms with Crippen LogP contribution < -0.4 is 5.32 Å². The molecule has 1 aromatic carbocycles. The minimum atomic E-state index is -0.487. The van der Waals surface area contributed by atoms with E-state index in [0.717, 1.165) is 37.8 Å². The number of halogens is 2. The second-order valence-corrected chi connectivity index (χ2v) is 5.59. The largest absolute Gasteiger partial charge is 0.356 e. The van der Waals surface area contributed by atoms with Gasteiger partial charge in [-0.2, -0.15) is 0 Å². The lowest BCUT2D eigenvalue weighted by molar-refractivity contribution is 0.273. The van der Waals surface area contributed by atoms with Crippen LogP contribution in [0.3, 0.4) is 0 Å². The maximum Gasteiger partial charge on any atom is 0.193 e. The molecule has 0 spiro atoms. The molecule has 21 heavy (non-hydrogen) atoms. The Labute approximate surface area is 125 Å². The lowest BCUT2D eigenvalue weighted by Gasteiger charge is -2.32. The third kappa shape index (κ3) is 4.16. The van der Waals surface area contributed by atoms with E-state index < -0.39 is 11.6 Å². The fourth-order valence-electron chi connectivity index (χ4n) is 2.62. The average Bonchev–Trinajstić information content (AvgIpc) is 2.47. The van der Waals surface area contributed by atoms with Crippen LogP contribution in [0, 0.1) is 17.6 Å². The van der Waals surface area contributed by atoms with Gasteiger partial charge < -0.3 is 10.2 Å². The van der Waals surface area contributed by atoms with Crippen molar-refractivity contribution in [2.75, 3.05) is 26.7 Å². The van der Waals surface area contributed by atoms with E-state index >= 15 is 0 Å². The van der Waals surface area contributed by atoms with Crippen molar-refractivity contribution >= 4 is 5.96 Å². The van der Waals surface area contributed by atoms with E-state index in [0.29, 0.717) is 13.0 Å². The Morgan fingerprint density at radius 2 is 1.90 bits per heavy atom. The smallest absolute Gasteiger partial charge is 0.193 e. The number of likely N-dealkylation sites (tertiary alicyclic amines) is 1. The highest BCUT2D eigenvalue weighted by molar-refractivity contribution is 5.79. The van der Waals surface area contributed by atoms with Crippen molar-refractivity contribution in [3.8, 4) is 0 Å². The third-order valence-electron chi connectivity index (χ3n) is 4.01. The van der Waals surface area contributed by atoms with E-state index in [2.05, 4.69) is 22.1 Å². The molecule has 0 radical (unpaired) electrons. The molecule has 116 valence electrons. The summed E-state index contributed by atoms with van der Waals surface area (Å²) in [5.74, 6) is 0.600. The second-order valence-electron chi connectivity index (χ2n) is 5.59. The number of hydrogen-bond acceptors (Lipinski definition) is 1. The van der Waals surface area contributed by atoms with E-state index in [-0.39, 0.29) is 5.56 Å². The molecule has 0 aliphatic carbocycles. The zero-order valence-electron chi connectivity index (χ0n) is 12.7. The first kappa shape index (κ1) is 15.7. The normalized spacial score (nSPS) is 17.1. The molecule has 2 rings (SSSR count). The first-order chi connectivity index (χ1) is 10.1. The molecule has 1 fully saturated rings. The topological polar surface area (TPSA) is 27.6 Å². The van der Waals surface area contributed by atoms with Gasteiger partial charge in [-0.05, 0) is 37.3 Å². The van der Waals surface area contributed by atoms with Gasteiger partial charge >= 0.3 is 0 Å². The molecule has 1 aromatic rings. The van der Waals surface area contributed by atoms with Gasteiger partial charge in [0.15, 0.2) is 5.96 Å². The number of rotatable bonds is 3. The van der Waals surface area contributed by atoms with Crippen LogP contribution in [0.2, 0.25) is 0 Å². The van der Waals surface area contributed by atoms with Crippen LogP contribution in [0.25, 0.3) is 0 Å². The molecule has 1 N–H and O–H groups in total. The molecule has 0 saturated carbocycles. The maximum absolute atomic E-state index is 13.5. The Morgan fingerprint density at radius 1 is 1.29 bits per heavy atom. The standard InChI is InChI=1S/C16H23F2N3/c1-12-7-10-21(11-8-12)16(19-2)20-9-6-13-14(17)4-3-5-15(13)18/h3-5,12H,6-11H2,1-2H3,(H,19,20). The predicted molar refractivity (Wildman–Crippen MR) is 81.4 cm³/mol. The van der Waals surface area contributed by atoms with Crippen molar-refractivity contribution in [1.29, 1.82) is 0 Å². The number of nitrogens with zero attached hydrogens (tertiary/aromatic N) is 2. The van der Waals surface area contributed by atoms with Crippen LogP contribution in [0.5, 0.6) is 0 Å². The SMILES string of the molecule is CN=C(NCCc1c(F)cccc1F)N1CCC(C)CC1. The summed E-state index contributed by atoms with van der Waals surface area (Å²) in [7, 11) is 1.74. The third-order valence-corrected chi connectivity index (χ3v) is 4.01. The number of hydrogen-bond donors (Lipinski definition) is 1. The van der Waals surface area contributed by atoms with Gasteiger partial charge in [0.05, 0.1) is 0 Å². The zero-order chi connectivity index (χ0) is 15.2. The predicted octanol–water partition coefficient (Wildman–Crippen LogP) is 2.81. The van der Waals surface area contributed by atoms with E-state index in [9.17, 15) is 8.78 Å². The van der Waals surface area contributed by atoms with E-state index in [1.54, 1.807) is 7.05 Å². The molecule has 0 amide bonds. The Bertz CT molecular complexity index is 474. The molecule has 1 aliphatic heterocycles. The average molecular weight is 295 g/mol. The second kappa shape index (κ2) is 7.38. The van der Waals surface area contributed by atoms with Crippen LogP contribution in [0.4, 0.5) is 8.78 Å². The number of nitrogens with one attached hydrogen (secondary N) is 1. The first-order valence-corrected chi connectivity index (χ1v) is 7.50. The number of benzene rings is 1. The Kier molecular flexibility index (Phi) is 5.53. The van der Waals surface area contributed by atoms with Gasteiger partial charge in [-0.1, -0.05) is 13.0 Å². The summed E-state index contributed by atoms with van der Waals surface area (Å²) in [6, 6.07) is 3.97. The monoisotopic (exact) mass is 295 g/mol. The molecule has 0 aromatic heterocycles. The van der Waals surface area contributed by atoms with Crippen LogP contribution >= 0.6 is 0 Å². The molecule has 1 saturated heterocycles. The van der Waals surface area contributed by atoms with Crippen molar-refractivity contribution in [2.24, 2.45) is 10.9 Å². The lowest BCUT2D eigenvalue weighted by atomic mass is 9.99. The highest BCUT2D eigenvalue weighted by Crippen LogP contribution is 2.16. The summed E-state index contributed by atoms with van der Waals surface area (Å²) in [5, 5.41) is 3.20. The Balaban J connectivity index is 1.87. The fourth-order valence-corrected chi connectivity index (χ4v) is 2.62. The van der Waals surface area contributed by atoms with E-state index in [4.69, 9.17) is 0 Å². The molecule has 0 atom stereocenters. The van der Waals surface area contributed by atoms with Crippen molar-refractivity contribution in [3.63, 3.8) is 0 Å². The maximum atomic E-state index is 13.5. The first-order valence-electron chi connectivity index (χ1n) is 7.50. The van der Waals surface area contributed by atoms with Crippen molar-refractivity contribution in [1.82, 2.24) is 10.2 Å². The molecule has 0 bridgehead atoms. The van der Waals surface area contributed by atoms with E-state index in [1.165, 1.54) is 18.2 Å². The molecular weight excluding hydrogens is 272 g/mol. The van der Waals surface area contributed by atoms with Crippen LogP contribution in [0.15, 0.2) is 23.2 Å². The van der Waals surface area contributed by atoms with Gasteiger partial charge in [0.2, 0.25) is 0 Å². The molecule has 3 nitrogen and oxygen atoms in total. The van der Waals surface area contributed by atoms with Crippen molar-refractivity contribution < 1.29 is 8.78 Å². The van der Waals surface area contributed by atoms with Crippen LogP contribution in [-0.2, 0) is 6.42 Å². The fraction of sp³-hybridized carbons (Fsp3) is 0.562. The molecule has 0 unspecified atom stereocenters. The minimum Gasteiger partial charge on any atom is -0.356 e. The lowest BCUT2D eigenvalue weighted by Crippen LogP contribution is -2.45. The molecule has 5 heteroatoms. The van der Waals surface area contributed by atoms with Crippen LogP contribution in [-0.4, -0.2) is 37.5 Å². The highest BCUT2D eigenvalue weighted by Gasteiger charge is 2.18. The van der Waals surface area contributed by atoms with Crippen molar-refractivity contribution in [3.05, 3.63) is 35.4 Å². The van der Waals surface area contributed by atoms with Gasteiger partial charge in [-0.25, -0.2) is 8.78 Å². The molecular formula is C16H23F2N3. The summed E-state index contributed by atoms with van der Waals surface area (Å²) in [5.41, 5.74) is 0.132. The summed E-state index contributed by atoms with van der Waals surface area (Å²) in [4.78, 5) is 6.46. The highest BCUT2D eigenvalue weighted by atomic mass is 19.1. The van der Waals surface area contributed by atoms with Crippen molar-refractivity contribution in [2.45, 2.75) is 26.2 Å². The number of aliphatic imine (C=N–C) groups is 1. The Morgan fingerprint density at radius 3 is 2.48 bits per heavy atom. The summed E-state index contributed by atoms with van der Waals surface area (Å²) >= 11 is 0. The van der Waals surface area contributed by atoms with Gasteiger partial charge in [-0.15, -0.1) is 0 Å². The summed E-state index contributed by atoms with van der Waals surface area (Å²) < 4.78 is 27.1. The van der Waals surface area contributed by atoms with E-state index in [1.807, 2.05) is 0 Å². The molecule has 1 heterocycles. The van der Waals surface area contributed by atoms with Crippen LogP contribution in [0.1, 0.15) is 25.3 Å². The quantitative estimate of drug-likeness (QED) is 0.686. The minimum absolute atomic E-state index is 0.132. The Hall–Kier alpha value is -1.65. The zero-order valence-corrected chi connectivity index (χ0v) is 12.7. The van der Waals surface area contributed by atoms with Gasteiger partial charge in [0.1, 0.15) is 11.6 Å². The summed E-state index contributed by atoms with van der Waals surface area (Å²) in [6.45, 7) is 4.69. The number of piperidine rings is 1. The summed E-state index contributed by atoms with van der Waals surface area (Å²) in [6.07, 6.45) is 2.62. The van der Waals surface area contributed by atoms with Gasteiger partial charge in [-0.3, -0.25) is 4.99 Å². The molecule has 1 aliphatic rings. The number of guanidine groups is 1.